The Bertz CT molecular complexity index is 882. The molecule has 3 rings (SSSR count). The SMILES string of the molecule is N=C1c2ccccc2C(=O)c2ccc(C(=O)O)c(C(=O)O)c21. The van der Waals surface area contributed by atoms with Gasteiger partial charge in [-0.15, -0.1) is 0 Å². The molecule has 0 saturated heterocycles. The van der Waals surface area contributed by atoms with Crippen molar-refractivity contribution >= 4 is 23.4 Å². The van der Waals surface area contributed by atoms with Crippen LogP contribution in [0.1, 0.15) is 47.8 Å². The predicted octanol–water partition coefficient (Wildman–Crippen LogP) is 2.04. The number of carbonyl (C=O) groups excluding carboxylic acids is 1. The molecule has 6 nitrogen and oxygen atoms in total. The maximum Gasteiger partial charge on any atom is 0.337 e. The van der Waals surface area contributed by atoms with Crippen LogP contribution in [0, 0.1) is 5.41 Å². The van der Waals surface area contributed by atoms with Gasteiger partial charge >= 0.3 is 11.9 Å². The number of carboxylic acid groups (broad SMARTS) is 2. The summed E-state index contributed by atoms with van der Waals surface area (Å²) in [5.74, 6) is -3.31. The Kier molecular flexibility index (Phi) is 2.88. The first-order valence-electron chi connectivity index (χ1n) is 6.30. The molecule has 3 N–H and O–H groups in total. The number of carboxylic acids is 2. The summed E-state index contributed by atoms with van der Waals surface area (Å²) >= 11 is 0. The largest absolute Gasteiger partial charge is 0.478 e. The first-order valence-corrected chi connectivity index (χ1v) is 6.30. The van der Waals surface area contributed by atoms with Crippen molar-refractivity contribution in [3.8, 4) is 0 Å². The molecule has 22 heavy (non-hydrogen) atoms. The molecule has 2 aromatic rings. The van der Waals surface area contributed by atoms with E-state index in [0.717, 1.165) is 6.07 Å². The smallest absolute Gasteiger partial charge is 0.337 e. The van der Waals surface area contributed by atoms with E-state index < -0.39 is 28.8 Å². The predicted molar refractivity (Wildman–Crippen MR) is 76.2 cm³/mol. The first-order chi connectivity index (χ1) is 10.4. The van der Waals surface area contributed by atoms with Crippen molar-refractivity contribution in [3.05, 3.63) is 69.8 Å². The van der Waals surface area contributed by atoms with Gasteiger partial charge < -0.3 is 10.2 Å². The average molecular weight is 295 g/mol. The number of aromatic carboxylic acids is 2. The Balaban J connectivity index is 2.41. The molecule has 0 spiro atoms. The Hall–Kier alpha value is -3.28. The molecular formula is C16H9NO5. The molecule has 0 atom stereocenters. The molecular weight excluding hydrogens is 286 g/mol. The second kappa shape index (κ2) is 4.63. The van der Waals surface area contributed by atoms with Gasteiger partial charge in [-0.1, -0.05) is 24.3 Å². The van der Waals surface area contributed by atoms with Crippen LogP contribution in [0.3, 0.4) is 0 Å². The molecule has 0 radical (unpaired) electrons. The van der Waals surface area contributed by atoms with Crippen molar-refractivity contribution in [3.63, 3.8) is 0 Å². The molecule has 0 heterocycles. The Morgan fingerprint density at radius 3 is 2.09 bits per heavy atom. The van der Waals surface area contributed by atoms with E-state index in [-0.39, 0.29) is 16.8 Å². The number of nitrogens with one attached hydrogen (secondary N) is 1. The van der Waals surface area contributed by atoms with Crippen LogP contribution in [0.25, 0.3) is 0 Å². The fourth-order valence-corrected chi connectivity index (χ4v) is 2.63. The molecule has 0 saturated carbocycles. The highest BCUT2D eigenvalue weighted by Gasteiger charge is 2.33. The normalized spacial score (nSPS) is 12.5. The standard InChI is InChI=1S/C16H9NO5/c17-13-7-3-1-2-4-8(7)14(18)9-5-6-10(15(19)20)12(11(9)13)16(21)22/h1-6,17H,(H,19,20)(H,21,22). The minimum atomic E-state index is -1.48. The molecule has 0 fully saturated rings. The van der Waals surface area contributed by atoms with Crippen LogP contribution in [0.15, 0.2) is 36.4 Å². The van der Waals surface area contributed by atoms with Crippen LogP contribution < -0.4 is 0 Å². The third-order valence-corrected chi connectivity index (χ3v) is 3.59. The summed E-state index contributed by atoms with van der Waals surface area (Å²) in [6.07, 6.45) is 0. The van der Waals surface area contributed by atoms with Gasteiger partial charge in [0.05, 0.1) is 16.8 Å². The van der Waals surface area contributed by atoms with E-state index in [1.54, 1.807) is 18.2 Å². The summed E-state index contributed by atoms with van der Waals surface area (Å²) in [7, 11) is 0. The average Bonchev–Trinajstić information content (AvgIpc) is 2.51. The summed E-state index contributed by atoms with van der Waals surface area (Å²) in [6.45, 7) is 0. The molecule has 1 aliphatic rings. The molecule has 0 amide bonds. The third-order valence-electron chi connectivity index (χ3n) is 3.59. The zero-order chi connectivity index (χ0) is 16.0. The molecule has 6 heteroatoms. The van der Waals surface area contributed by atoms with Gasteiger partial charge in [0.2, 0.25) is 0 Å². The third kappa shape index (κ3) is 1.74. The number of hydrogen-bond donors (Lipinski definition) is 3. The zero-order valence-corrected chi connectivity index (χ0v) is 11.1. The lowest BCUT2D eigenvalue weighted by Gasteiger charge is -2.21. The number of carbonyl (C=O) groups is 3. The lowest BCUT2D eigenvalue weighted by Crippen LogP contribution is -2.25. The minimum absolute atomic E-state index is 0.0334. The van der Waals surface area contributed by atoms with Gasteiger partial charge in [0.25, 0.3) is 0 Å². The van der Waals surface area contributed by atoms with Crippen LogP contribution in [0.5, 0.6) is 0 Å². The van der Waals surface area contributed by atoms with E-state index in [0.29, 0.717) is 11.1 Å². The van der Waals surface area contributed by atoms with Crippen LogP contribution in [-0.2, 0) is 0 Å². The topological polar surface area (TPSA) is 116 Å². The van der Waals surface area contributed by atoms with Crippen LogP contribution in [0.2, 0.25) is 0 Å². The lowest BCUT2D eigenvalue weighted by molar-refractivity contribution is 0.0651. The molecule has 0 unspecified atom stereocenters. The Labute approximate surface area is 124 Å². The van der Waals surface area contributed by atoms with E-state index >= 15 is 0 Å². The van der Waals surface area contributed by atoms with E-state index in [9.17, 15) is 19.5 Å². The number of ketones is 1. The van der Waals surface area contributed by atoms with Crippen molar-refractivity contribution in [2.24, 2.45) is 0 Å². The van der Waals surface area contributed by atoms with Crippen molar-refractivity contribution in [1.82, 2.24) is 0 Å². The van der Waals surface area contributed by atoms with Crippen LogP contribution in [-0.4, -0.2) is 33.6 Å². The van der Waals surface area contributed by atoms with Gasteiger partial charge in [-0.2, -0.15) is 0 Å². The highest BCUT2D eigenvalue weighted by Crippen LogP contribution is 2.31. The molecule has 108 valence electrons. The second-order valence-corrected chi connectivity index (χ2v) is 4.77. The minimum Gasteiger partial charge on any atom is -0.478 e. The van der Waals surface area contributed by atoms with Gasteiger partial charge in [0.1, 0.15) is 0 Å². The van der Waals surface area contributed by atoms with Crippen molar-refractivity contribution in [2.75, 3.05) is 0 Å². The maximum absolute atomic E-state index is 12.5. The van der Waals surface area contributed by atoms with E-state index in [1.165, 1.54) is 12.1 Å². The van der Waals surface area contributed by atoms with Gasteiger partial charge in [0, 0.05) is 22.3 Å². The monoisotopic (exact) mass is 295 g/mol. The molecule has 1 aliphatic carbocycles. The van der Waals surface area contributed by atoms with Crippen molar-refractivity contribution in [2.45, 2.75) is 0 Å². The highest BCUT2D eigenvalue weighted by molar-refractivity contribution is 6.32. The van der Waals surface area contributed by atoms with Gasteiger partial charge in [-0.25, -0.2) is 9.59 Å². The van der Waals surface area contributed by atoms with Crippen LogP contribution >= 0.6 is 0 Å². The Morgan fingerprint density at radius 2 is 1.50 bits per heavy atom. The van der Waals surface area contributed by atoms with Crippen LogP contribution in [0.4, 0.5) is 0 Å². The molecule has 0 aliphatic heterocycles. The summed E-state index contributed by atoms with van der Waals surface area (Å²) in [6, 6.07) is 8.73. The van der Waals surface area contributed by atoms with E-state index in [2.05, 4.69) is 0 Å². The van der Waals surface area contributed by atoms with Crippen molar-refractivity contribution in [1.29, 1.82) is 5.41 Å². The van der Waals surface area contributed by atoms with Gasteiger partial charge in [-0.05, 0) is 12.1 Å². The van der Waals surface area contributed by atoms with E-state index in [1.807, 2.05) is 0 Å². The number of rotatable bonds is 2. The second-order valence-electron chi connectivity index (χ2n) is 4.77. The summed E-state index contributed by atoms with van der Waals surface area (Å²) in [5.41, 5.74) is -0.640. The molecule has 0 aromatic heterocycles. The maximum atomic E-state index is 12.5. The fraction of sp³-hybridized carbons (Fsp3) is 0. The number of hydrogen-bond acceptors (Lipinski definition) is 4. The fourth-order valence-electron chi connectivity index (χ4n) is 2.63. The highest BCUT2D eigenvalue weighted by atomic mass is 16.4. The number of fused-ring (bicyclic) bond motifs is 2. The summed E-state index contributed by atoms with van der Waals surface area (Å²) in [5, 5.41) is 26.7. The Morgan fingerprint density at radius 1 is 0.864 bits per heavy atom. The quantitative estimate of drug-likeness (QED) is 0.669. The number of benzene rings is 2. The summed E-state index contributed by atoms with van der Waals surface area (Å²) in [4.78, 5) is 35.2. The molecule has 0 bridgehead atoms. The summed E-state index contributed by atoms with van der Waals surface area (Å²) < 4.78 is 0. The molecule has 2 aromatic carbocycles. The van der Waals surface area contributed by atoms with Gasteiger partial charge in [0.15, 0.2) is 5.78 Å². The van der Waals surface area contributed by atoms with E-state index in [4.69, 9.17) is 10.5 Å². The zero-order valence-electron chi connectivity index (χ0n) is 11.1. The van der Waals surface area contributed by atoms with Gasteiger partial charge in [-0.3, -0.25) is 10.2 Å². The van der Waals surface area contributed by atoms with Crippen molar-refractivity contribution < 1.29 is 24.6 Å². The first kappa shape index (κ1) is 13.7. The lowest BCUT2D eigenvalue weighted by atomic mass is 9.80.